The Hall–Kier alpha value is -8.06. The van der Waals surface area contributed by atoms with Crippen molar-refractivity contribution in [2.45, 2.75) is 144 Å². The Balaban J connectivity index is 6.30. The van der Waals surface area contributed by atoms with Crippen molar-refractivity contribution in [3.05, 3.63) is 0 Å². The molecule has 0 rings (SSSR count). The standard InChI is InChI=1S/C44H81N19O17/c1-21(33(70)61-28(18-64)39(76)56-23(9-3-5-13-46)35(72)58-25(42(79)80)11-7-15-54-44(51)52)55-37(74)27(17-32(68)69)60-36(73)24(10-6-14-53-43(49)50)57-40(77)29(19-65)63-41(78)30(20-66)62-38(75)26(16-31(48)67)59-34(71)22(47)8-2-4-12-45/h21-30,64-66H,2-20,45-47H2,1H3,(H2,48,67)(H,55,74)(H,56,76)(H,57,77)(H,58,72)(H,59,71)(H,60,73)(H,61,70)(H,62,75)(H,63,78)(H,68,69)(H,79,80)(H4,49,50,53)(H4,51,52,54)/t21-,22-,23-,24-,25-,26-,27-,28-,29-,30-/m0/s1. The molecular formula is C44H81N19O17. The van der Waals surface area contributed by atoms with Gasteiger partial charge in [-0.3, -0.25) is 62.7 Å². The molecule has 0 radical (unpaired) electrons. The van der Waals surface area contributed by atoms with Crippen LogP contribution in [0.15, 0.2) is 9.98 Å². The summed E-state index contributed by atoms with van der Waals surface area (Å²) in [5.74, 6) is -15.1. The Labute approximate surface area is 459 Å². The minimum Gasteiger partial charge on any atom is -0.481 e. The van der Waals surface area contributed by atoms with Crippen LogP contribution in [0.5, 0.6) is 0 Å². The number of guanidine groups is 2. The number of aliphatic imine (C=N–C) groups is 2. The fourth-order valence-electron chi connectivity index (χ4n) is 6.90. The highest BCUT2D eigenvalue weighted by Gasteiger charge is 2.35. The lowest BCUT2D eigenvalue weighted by atomic mass is 10.1. The third-order valence-corrected chi connectivity index (χ3v) is 11.3. The van der Waals surface area contributed by atoms with E-state index in [0.29, 0.717) is 25.8 Å². The highest BCUT2D eigenvalue weighted by atomic mass is 16.4. The van der Waals surface area contributed by atoms with E-state index in [2.05, 4.69) is 57.8 Å². The third kappa shape index (κ3) is 29.6. The summed E-state index contributed by atoms with van der Waals surface area (Å²) in [4.78, 5) is 163. The van der Waals surface area contributed by atoms with E-state index in [1.807, 2.05) is 0 Å². The van der Waals surface area contributed by atoms with Gasteiger partial charge in [0, 0.05) is 13.1 Å². The van der Waals surface area contributed by atoms with Gasteiger partial charge in [-0.2, -0.15) is 0 Å². The van der Waals surface area contributed by atoms with Gasteiger partial charge in [0.25, 0.3) is 0 Å². The normalized spacial score (nSPS) is 14.6. The Morgan fingerprint density at radius 3 is 1.12 bits per heavy atom. The number of nitrogens with two attached hydrogens (primary N) is 8. The molecule has 10 amide bonds. The maximum Gasteiger partial charge on any atom is 0.326 e. The van der Waals surface area contributed by atoms with Gasteiger partial charge in [-0.15, -0.1) is 0 Å². The molecule has 80 heavy (non-hydrogen) atoms. The summed E-state index contributed by atoms with van der Waals surface area (Å²) in [6.45, 7) is -1.89. The maximum atomic E-state index is 13.8. The first-order chi connectivity index (χ1) is 37.6. The van der Waals surface area contributed by atoms with Gasteiger partial charge in [0.15, 0.2) is 11.9 Å². The van der Waals surface area contributed by atoms with E-state index < -0.39 is 164 Å². The highest BCUT2D eigenvalue weighted by molar-refractivity contribution is 5.99. The van der Waals surface area contributed by atoms with Gasteiger partial charge in [0.1, 0.15) is 54.4 Å². The average Bonchev–Trinajstić information content (AvgIpc) is 3.38. The van der Waals surface area contributed by atoms with Crippen LogP contribution < -0.4 is 93.7 Å². The number of unbranched alkanes of at least 4 members (excludes halogenated alkanes) is 2. The summed E-state index contributed by atoms with van der Waals surface area (Å²) in [6, 6.07) is -16.7. The number of nitrogens with one attached hydrogen (secondary N) is 9. The topological polar surface area (TPSA) is 647 Å². The van der Waals surface area contributed by atoms with Crippen molar-refractivity contribution in [1.29, 1.82) is 0 Å². The molecule has 0 heterocycles. The van der Waals surface area contributed by atoms with Gasteiger partial charge < -0.3 is 119 Å². The van der Waals surface area contributed by atoms with Crippen molar-refractivity contribution in [3.63, 3.8) is 0 Å². The van der Waals surface area contributed by atoms with E-state index in [-0.39, 0.29) is 76.5 Å². The quantitative estimate of drug-likeness (QED) is 0.0153. The van der Waals surface area contributed by atoms with Crippen molar-refractivity contribution in [2.24, 2.45) is 55.9 Å². The molecule has 0 unspecified atom stereocenters. The fourth-order valence-corrected chi connectivity index (χ4v) is 6.90. The number of hydrogen-bond donors (Lipinski definition) is 22. The number of amides is 10. The second-order valence-corrected chi connectivity index (χ2v) is 17.9. The number of carbonyl (C=O) groups excluding carboxylic acids is 10. The number of carbonyl (C=O) groups is 12. The first kappa shape index (κ1) is 71.9. The number of nitrogens with zero attached hydrogens (tertiary/aromatic N) is 2. The molecule has 0 aliphatic rings. The Kier molecular flexibility index (Phi) is 35.4. The summed E-state index contributed by atoms with van der Waals surface area (Å²) < 4.78 is 0. The smallest absolute Gasteiger partial charge is 0.326 e. The van der Waals surface area contributed by atoms with Crippen molar-refractivity contribution >= 4 is 82.9 Å². The third-order valence-electron chi connectivity index (χ3n) is 11.3. The van der Waals surface area contributed by atoms with Crippen LogP contribution in [0.3, 0.4) is 0 Å². The van der Waals surface area contributed by atoms with Crippen LogP contribution in [0.25, 0.3) is 0 Å². The second kappa shape index (κ2) is 39.3. The molecule has 0 aliphatic carbocycles. The first-order valence-electron chi connectivity index (χ1n) is 25.2. The summed E-state index contributed by atoms with van der Waals surface area (Å²) in [5, 5.41) is 69.4. The molecule has 0 aliphatic heterocycles. The number of hydrogen-bond acceptors (Lipinski definition) is 20. The maximum absolute atomic E-state index is 13.8. The number of carboxylic acids is 2. The molecule has 36 heteroatoms. The van der Waals surface area contributed by atoms with Gasteiger partial charge >= 0.3 is 11.9 Å². The largest absolute Gasteiger partial charge is 0.481 e. The Morgan fingerprint density at radius 1 is 0.400 bits per heavy atom. The number of rotatable bonds is 42. The van der Waals surface area contributed by atoms with E-state index >= 15 is 0 Å². The zero-order valence-corrected chi connectivity index (χ0v) is 44.4. The van der Waals surface area contributed by atoms with Crippen LogP contribution >= 0.6 is 0 Å². The fraction of sp³-hybridized carbons (Fsp3) is 0.682. The lowest BCUT2D eigenvalue weighted by Gasteiger charge is -2.26. The molecule has 0 bridgehead atoms. The molecular weight excluding hydrogens is 1070 g/mol. The molecule has 0 spiro atoms. The molecule has 0 saturated carbocycles. The number of aliphatic carboxylic acids is 2. The minimum absolute atomic E-state index is 0.0516. The van der Waals surface area contributed by atoms with Gasteiger partial charge in [0.2, 0.25) is 59.1 Å². The van der Waals surface area contributed by atoms with E-state index in [4.69, 9.17) is 45.9 Å². The summed E-state index contributed by atoms with van der Waals surface area (Å²) in [5.41, 5.74) is 43.5. The van der Waals surface area contributed by atoms with Crippen LogP contribution in [0.4, 0.5) is 0 Å². The molecule has 0 fully saturated rings. The van der Waals surface area contributed by atoms with Gasteiger partial charge in [0.05, 0.1) is 38.7 Å². The predicted octanol–water partition coefficient (Wildman–Crippen LogP) is -11.5. The Bertz CT molecular complexity index is 2150. The van der Waals surface area contributed by atoms with E-state index in [1.165, 1.54) is 0 Å². The molecule has 0 saturated heterocycles. The van der Waals surface area contributed by atoms with E-state index in [1.54, 1.807) is 0 Å². The van der Waals surface area contributed by atoms with Crippen LogP contribution in [0.2, 0.25) is 0 Å². The lowest BCUT2D eigenvalue weighted by molar-refractivity contribution is -0.143. The number of aliphatic hydroxyl groups is 3. The molecule has 36 nitrogen and oxygen atoms in total. The SMILES string of the molecule is C[C@H](NC(=O)[C@H](CC(=O)O)NC(=O)[C@H](CCCN=C(N)N)NC(=O)[C@H](CO)NC(=O)[C@H](CO)NC(=O)[C@H](CC(N)=O)NC(=O)[C@@H](N)CCCCN)C(=O)N[C@@H](CO)C(=O)N[C@@H](CCCCN)C(=O)N[C@@H](CCCN=C(N)N)C(=O)O. The number of primary amides is 1. The minimum atomic E-state index is -2.00. The molecule has 10 atom stereocenters. The van der Waals surface area contributed by atoms with Gasteiger partial charge in [-0.05, 0) is 77.8 Å². The zero-order chi connectivity index (χ0) is 61.1. The highest BCUT2D eigenvalue weighted by Crippen LogP contribution is 2.08. The van der Waals surface area contributed by atoms with Crippen molar-refractivity contribution in [1.82, 2.24) is 47.9 Å². The van der Waals surface area contributed by atoms with E-state index in [0.717, 1.165) is 6.92 Å². The monoisotopic (exact) mass is 1150 g/mol. The molecule has 0 aromatic heterocycles. The zero-order valence-electron chi connectivity index (χ0n) is 44.4. The van der Waals surface area contributed by atoms with Crippen LogP contribution in [-0.4, -0.2) is 215 Å². The van der Waals surface area contributed by atoms with Crippen LogP contribution in [0, 0.1) is 0 Å². The molecule has 0 aromatic carbocycles. The molecule has 454 valence electrons. The summed E-state index contributed by atoms with van der Waals surface area (Å²) in [6.07, 6.45) is -0.556. The van der Waals surface area contributed by atoms with Crippen LogP contribution in [0.1, 0.15) is 84.0 Å². The Morgan fingerprint density at radius 2 is 0.725 bits per heavy atom. The lowest BCUT2D eigenvalue weighted by Crippen LogP contribution is -2.61. The van der Waals surface area contributed by atoms with Crippen LogP contribution in [-0.2, 0) is 57.5 Å². The van der Waals surface area contributed by atoms with Crippen molar-refractivity contribution in [3.8, 4) is 0 Å². The summed E-state index contributed by atoms with van der Waals surface area (Å²) in [7, 11) is 0. The van der Waals surface area contributed by atoms with Crippen molar-refractivity contribution < 1.29 is 83.1 Å². The van der Waals surface area contributed by atoms with E-state index in [9.17, 15) is 83.1 Å². The first-order valence-corrected chi connectivity index (χ1v) is 25.2. The number of aliphatic hydroxyl groups excluding tert-OH is 3. The number of carboxylic acid groups (broad SMARTS) is 2. The van der Waals surface area contributed by atoms with Gasteiger partial charge in [-0.25, -0.2) is 4.79 Å². The van der Waals surface area contributed by atoms with Crippen molar-refractivity contribution in [2.75, 3.05) is 46.0 Å². The second-order valence-electron chi connectivity index (χ2n) is 17.9. The average molecular weight is 1150 g/mol. The molecule has 30 N–H and O–H groups in total. The van der Waals surface area contributed by atoms with Gasteiger partial charge in [-0.1, -0.05) is 6.42 Å². The predicted molar refractivity (Wildman–Crippen MR) is 282 cm³/mol. The molecule has 0 aromatic rings. The summed E-state index contributed by atoms with van der Waals surface area (Å²) >= 11 is 0.